The van der Waals surface area contributed by atoms with Crippen LogP contribution in [0, 0.1) is 22.5 Å². The summed E-state index contributed by atoms with van der Waals surface area (Å²) < 4.78 is 1.51. The molecule has 0 bridgehead atoms. The predicted molar refractivity (Wildman–Crippen MR) is 102 cm³/mol. The smallest absolute Gasteiger partial charge is 0.269 e. The summed E-state index contributed by atoms with van der Waals surface area (Å²) >= 11 is 1.31. The van der Waals surface area contributed by atoms with E-state index in [4.69, 9.17) is 6.42 Å². The van der Waals surface area contributed by atoms with E-state index in [0.717, 1.165) is 0 Å². The van der Waals surface area contributed by atoms with E-state index in [9.17, 15) is 14.9 Å². The van der Waals surface area contributed by atoms with E-state index in [-0.39, 0.29) is 11.6 Å². The maximum Gasteiger partial charge on any atom is 0.269 e. The quantitative estimate of drug-likeness (QED) is 0.225. The molecule has 7 heteroatoms. The van der Waals surface area contributed by atoms with Crippen LogP contribution in [0.25, 0.3) is 17.1 Å². The molecule has 0 aliphatic carbocycles. The summed E-state index contributed by atoms with van der Waals surface area (Å²) in [5, 5.41) is 11.2. The molecule has 0 unspecified atom stereocenters. The average Bonchev–Trinajstić information content (AvgIpc) is 3.03. The highest BCUT2D eigenvalue weighted by atomic mass is 32.2. The molecule has 3 aromatic rings. The first kappa shape index (κ1) is 17.5. The normalized spacial score (nSPS) is 10.9. The van der Waals surface area contributed by atoms with Crippen LogP contribution in [0.1, 0.15) is 10.4 Å². The number of aromatic nitrogens is 2. The van der Waals surface area contributed by atoms with E-state index in [2.05, 4.69) is 10.9 Å². The summed E-state index contributed by atoms with van der Waals surface area (Å²) in [4.78, 5) is 27.4. The molecule has 0 amide bonds. The van der Waals surface area contributed by atoms with Gasteiger partial charge in [-0.2, -0.15) is 0 Å². The van der Waals surface area contributed by atoms with E-state index in [1.54, 1.807) is 18.2 Å². The fourth-order valence-electron chi connectivity index (χ4n) is 2.37. The number of hydrogen-bond donors (Lipinski definition) is 0. The Morgan fingerprint density at radius 2 is 2.00 bits per heavy atom. The van der Waals surface area contributed by atoms with Crippen LogP contribution in [-0.2, 0) is 0 Å². The minimum Gasteiger partial charge on any atom is -0.269 e. The standard InChI is InChI=1S/C19H13N3O3S/c1-2-13-26-19-20-16-5-3-4-6-17(16)21(19)18(23)12-9-14-7-10-15(11-8-14)22(24)25/h1,3-12H,13H2. The molecule has 3 rings (SSSR count). The molecule has 128 valence electrons. The lowest BCUT2D eigenvalue weighted by Gasteiger charge is -2.03. The van der Waals surface area contributed by atoms with Crippen LogP contribution >= 0.6 is 11.8 Å². The van der Waals surface area contributed by atoms with Crippen LogP contribution in [0.4, 0.5) is 5.69 Å². The number of imidazole rings is 1. The molecule has 0 fully saturated rings. The summed E-state index contributed by atoms with van der Waals surface area (Å²) in [5.41, 5.74) is 2.10. The molecule has 0 aliphatic heterocycles. The topological polar surface area (TPSA) is 78.0 Å². The lowest BCUT2D eigenvalue weighted by atomic mass is 10.2. The van der Waals surface area contributed by atoms with Gasteiger partial charge in [0.25, 0.3) is 11.6 Å². The minimum absolute atomic E-state index is 0.00190. The van der Waals surface area contributed by atoms with E-state index in [1.165, 1.54) is 34.5 Å². The van der Waals surface area contributed by atoms with Crippen molar-refractivity contribution in [1.29, 1.82) is 0 Å². The summed E-state index contributed by atoms with van der Waals surface area (Å²) in [6, 6.07) is 13.3. The molecule has 0 atom stereocenters. The van der Waals surface area contributed by atoms with Gasteiger partial charge < -0.3 is 0 Å². The van der Waals surface area contributed by atoms with Crippen molar-refractivity contribution in [3.8, 4) is 12.3 Å². The van der Waals surface area contributed by atoms with Gasteiger partial charge in [-0.15, -0.1) is 6.42 Å². The molecular formula is C19H13N3O3S. The van der Waals surface area contributed by atoms with Crippen molar-refractivity contribution in [3.05, 3.63) is 70.3 Å². The number of nitro groups is 1. The first-order valence-electron chi connectivity index (χ1n) is 7.61. The van der Waals surface area contributed by atoms with Gasteiger partial charge in [0.15, 0.2) is 5.16 Å². The fourth-order valence-corrected chi connectivity index (χ4v) is 3.06. The predicted octanol–water partition coefficient (Wildman–Crippen LogP) is 4.02. The Bertz CT molecular complexity index is 1050. The second-order valence-corrected chi connectivity index (χ2v) is 6.17. The fraction of sp³-hybridized carbons (Fsp3) is 0.0526. The summed E-state index contributed by atoms with van der Waals surface area (Å²) in [5.74, 6) is 2.66. The first-order valence-corrected chi connectivity index (χ1v) is 8.59. The van der Waals surface area contributed by atoms with Gasteiger partial charge in [-0.1, -0.05) is 29.8 Å². The van der Waals surface area contributed by atoms with Gasteiger partial charge in [-0.25, -0.2) is 4.98 Å². The maximum absolute atomic E-state index is 12.7. The monoisotopic (exact) mass is 363 g/mol. The Morgan fingerprint density at radius 1 is 1.27 bits per heavy atom. The second-order valence-electron chi connectivity index (χ2n) is 5.23. The van der Waals surface area contributed by atoms with Crippen molar-refractivity contribution < 1.29 is 9.72 Å². The van der Waals surface area contributed by atoms with Gasteiger partial charge >= 0.3 is 0 Å². The average molecular weight is 363 g/mol. The maximum atomic E-state index is 12.7. The van der Waals surface area contributed by atoms with E-state index in [0.29, 0.717) is 27.5 Å². The molecule has 0 aliphatic rings. The number of carbonyl (C=O) groups excluding carboxylic acids is 1. The van der Waals surface area contributed by atoms with Gasteiger partial charge in [0.05, 0.1) is 21.7 Å². The number of nitrogens with zero attached hydrogens (tertiary/aromatic N) is 3. The van der Waals surface area contributed by atoms with Gasteiger partial charge in [-0.05, 0) is 35.9 Å². The SMILES string of the molecule is C#CCSc1nc2ccccc2n1C(=O)C=Cc1ccc([N+](=O)[O-])cc1. The number of non-ortho nitro benzene ring substituents is 1. The number of terminal acetylenes is 1. The van der Waals surface area contributed by atoms with Crippen LogP contribution in [-0.4, -0.2) is 26.1 Å². The number of fused-ring (bicyclic) bond motifs is 1. The molecule has 0 saturated heterocycles. The van der Waals surface area contributed by atoms with Crippen molar-refractivity contribution >= 4 is 40.5 Å². The Hall–Kier alpha value is -3.37. The number of thioether (sulfide) groups is 1. The molecule has 0 spiro atoms. The van der Waals surface area contributed by atoms with Gasteiger partial charge in [0.2, 0.25) is 0 Å². The third-order valence-corrected chi connectivity index (χ3v) is 4.40. The van der Waals surface area contributed by atoms with Gasteiger partial charge in [-0.3, -0.25) is 19.5 Å². The zero-order valence-electron chi connectivity index (χ0n) is 13.5. The van der Waals surface area contributed by atoms with Crippen LogP contribution in [0.3, 0.4) is 0 Å². The molecular weight excluding hydrogens is 350 g/mol. The third kappa shape index (κ3) is 3.66. The van der Waals surface area contributed by atoms with E-state index in [1.807, 2.05) is 24.3 Å². The number of nitro benzene ring substituents is 1. The van der Waals surface area contributed by atoms with Gasteiger partial charge in [0, 0.05) is 18.2 Å². The summed E-state index contributed by atoms with van der Waals surface area (Å²) in [7, 11) is 0. The van der Waals surface area contributed by atoms with Crippen LogP contribution in [0.15, 0.2) is 59.8 Å². The number of hydrogen-bond acceptors (Lipinski definition) is 5. The highest BCUT2D eigenvalue weighted by Crippen LogP contribution is 2.24. The molecule has 26 heavy (non-hydrogen) atoms. The molecule has 0 N–H and O–H groups in total. The molecule has 6 nitrogen and oxygen atoms in total. The number of benzene rings is 2. The molecule has 2 aromatic carbocycles. The first-order chi connectivity index (χ1) is 12.6. The third-order valence-electron chi connectivity index (χ3n) is 3.56. The summed E-state index contributed by atoms with van der Waals surface area (Å²) in [6.45, 7) is 0. The zero-order chi connectivity index (χ0) is 18.5. The van der Waals surface area contributed by atoms with E-state index >= 15 is 0 Å². The molecule has 0 radical (unpaired) electrons. The summed E-state index contributed by atoms with van der Waals surface area (Å²) in [6.07, 6.45) is 8.33. The number of carbonyl (C=O) groups is 1. The largest absolute Gasteiger partial charge is 0.269 e. The van der Waals surface area contributed by atoms with Crippen LogP contribution in [0.2, 0.25) is 0 Å². The Labute approximate surface area is 153 Å². The van der Waals surface area contributed by atoms with Crippen molar-refractivity contribution in [3.63, 3.8) is 0 Å². The van der Waals surface area contributed by atoms with E-state index < -0.39 is 4.92 Å². The Balaban J connectivity index is 1.91. The van der Waals surface area contributed by atoms with Crippen molar-refractivity contribution in [2.45, 2.75) is 5.16 Å². The number of para-hydroxylation sites is 2. The van der Waals surface area contributed by atoms with Crippen LogP contribution in [0.5, 0.6) is 0 Å². The highest BCUT2D eigenvalue weighted by Gasteiger charge is 2.15. The molecule has 0 saturated carbocycles. The highest BCUT2D eigenvalue weighted by molar-refractivity contribution is 7.99. The molecule has 1 aromatic heterocycles. The van der Waals surface area contributed by atoms with Crippen LogP contribution < -0.4 is 0 Å². The Morgan fingerprint density at radius 3 is 2.69 bits per heavy atom. The Kier molecular flexibility index (Phi) is 5.15. The lowest BCUT2D eigenvalue weighted by Crippen LogP contribution is -2.08. The van der Waals surface area contributed by atoms with Crippen molar-refractivity contribution in [2.75, 3.05) is 5.75 Å². The van der Waals surface area contributed by atoms with Crippen molar-refractivity contribution in [1.82, 2.24) is 9.55 Å². The lowest BCUT2D eigenvalue weighted by molar-refractivity contribution is -0.384. The zero-order valence-corrected chi connectivity index (χ0v) is 14.3. The molecule has 1 heterocycles. The van der Waals surface area contributed by atoms with Crippen molar-refractivity contribution in [2.24, 2.45) is 0 Å². The second kappa shape index (κ2) is 7.68. The number of allylic oxidation sites excluding steroid dienone is 1. The van der Waals surface area contributed by atoms with Gasteiger partial charge in [0.1, 0.15) is 0 Å². The minimum atomic E-state index is -0.467. The number of rotatable bonds is 5.